The predicted molar refractivity (Wildman–Crippen MR) is 153 cm³/mol. The Kier molecular flexibility index (Phi) is 10.3. The summed E-state index contributed by atoms with van der Waals surface area (Å²) < 4.78 is 0. The minimum absolute atomic E-state index is 0. The molecular formula is C32H38ClNO4. The zero-order valence-corrected chi connectivity index (χ0v) is 23.0. The highest BCUT2D eigenvalue weighted by Crippen LogP contribution is 2.41. The molecule has 1 fully saturated rings. The zero-order chi connectivity index (χ0) is 26.4. The second kappa shape index (κ2) is 13.2. The number of carbonyl (C=O) groups is 2. The Morgan fingerprint density at radius 1 is 0.868 bits per heavy atom. The average molecular weight is 536 g/mol. The smallest absolute Gasteiger partial charge is 0.307 e. The van der Waals surface area contributed by atoms with Crippen molar-refractivity contribution in [2.24, 2.45) is 5.92 Å². The van der Waals surface area contributed by atoms with E-state index in [0.717, 1.165) is 66.7 Å². The van der Waals surface area contributed by atoms with Gasteiger partial charge in [-0.3, -0.25) is 9.59 Å². The minimum Gasteiger partial charge on any atom is -0.481 e. The van der Waals surface area contributed by atoms with Crippen LogP contribution in [0.1, 0.15) is 63.9 Å². The minimum atomic E-state index is -1.02. The summed E-state index contributed by atoms with van der Waals surface area (Å²) in [6, 6.07) is 23.5. The normalized spacial score (nSPS) is 14.6. The van der Waals surface area contributed by atoms with Crippen molar-refractivity contribution < 1.29 is 19.8 Å². The van der Waals surface area contributed by atoms with E-state index in [2.05, 4.69) is 4.90 Å². The molecule has 0 aromatic heterocycles. The van der Waals surface area contributed by atoms with E-state index in [1.165, 1.54) is 0 Å². The van der Waals surface area contributed by atoms with Gasteiger partial charge in [0.25, 0.3) is 0 Å². The monoisotopic (exact) mass is 535 g/mol. The van der Waals surface area contributed by atoms with E-state index in [1.54, 1.807) is 12.1 Å². The number of carboxylic acids is 1. The summed E-state index contributed by atoms with van der Waals surface area (Å²) in [6.45, 7) is 6.42. The van der Waals surface area contributed by atoms with Crippen molar-refractivity contribution in [1.29, 1.82) is 0 Å². The summed E-state index contributed by atoms with van der Waals surface area (Å²) >= 11 is 0. The van der Waals surface area contributed by atoms with Crippen molar-refractivity contribution in [2.45, 2.75) is 51.6 Å². The number of nitrogens with zero attached hydrogens (tertiary/aromatic N) is 1. The van der Waals surface area contributed by atoms with E-state index in [1.807, 2.05) is 74.5 Å². The molecule has 2 N–H and O–H groups in total. The third-order valence-corrected chi connectivity index (χ3v) is 8.03. The molecule has 0 atom stereocenters. The molecule has 3 aromatic carbocycles. The molecule has 1 aliphatic heterocycles. The molecule has 1 saturated heterocycles. The fourth-order valence-corrected chi connectivity index (χ4v) is 5.73. The van der Waals surface area contributed by atoms with Crippen LogP contribution in [0.25, 0.3) is 0 Å². The first-order chi connectivity index (χ1) is 17.8. The molecule has 0 spiro atoms. The maximum atomic E-state index is 12.9. The molecule has 0 amide bonds. The van der Waals surface area contributed by atoms with Crippen molar-refractivity contribution in [3.05, 3.63) is 106 Å². The molecule has 1 aliphatic rings. The van der Waals surface area contributed by atoms with Gasteiger partial charge in [-0.05, 0) is 86.5 Å². The average Bonchev–Trinajstić information content (AvgIpc) is 2.92. The second-order valence-corrected chi connectivity index (χ2v) is 10.2. The number of Topliss-reactive ketones (excluding diaryl/α,β-unsaturated/α-hetero) is 1. The number of hydrogen-bond acceptors (Lipinski definition) is 4. The van der Waals surface area contributed by atoms with Crippen LogP contribution >= 0.6 is 12.4 Å². The maximum absolute atomic E-state index is 12.9. The first kappa shape index (κ1) is 29.6. The Labute approximate surface area is 231 Å². The lowest BCUT2D eigenvalue weighted by molar-refractivity contribution is -0.136. The molecule has 3 aromatic rings. The van der Waals surface area contributed by atoms with Gasteiger partial charge in [0, 0.05) is 12.0 Å². The standard InChI is InChI=1S/C32H37NO4.ClH/c1-23-24(2)29(16-15-25(23)22-31(35)36)30(34)14-9-19-33-20-17-28(18-21-33)32(37,26-10-5-3-6-11-26)27-12-7-4-8-13-27;/h3-8,10-13,15-16,28,37H,9,14,17-22H2,1-2H3,(H,35,36);1H. The Balaban J connectivity index is 0.00000400. The van der Waals surface area contributed by atoms with E-state index in [0.29, 0.717) is 12.0 Å². The SMILES string of the molecule is Cc1c(CC(=O)O)ccc(C(=O)CCCN2CCC(C(O)(c3ccccc3)c3ccccc3)CC2)c1C.Cl. The van der Waals surface area contributed by atoms with Crippen LogP contribution in [0.15, 0.2) is 72.8 Å². The van der Waals surface area contributed by atoms with Crippen LogP contribution < -0.4 is 0 Å². The molecule has 202 valence electrons. The van der Waals surface area contributed by atoms with Crippen molar-refractivity contribution in [3.8, 4) is 0 Å². The molecule has 0 aliphatic carbocycles. The Hall–Kier alpha value is -2.99. The quantitative estimate of drug-likeness (QED) is 0.313. The summed E-state index contributed by atoms with van der Waals surface area (Å²) in [4.78, 5) is 26.4. The number of benzene rings is 3. The number of ketones is 1. The van der Waals surface area contributed by atoms with E-state index in [9.17, 15) is 14.7 Å². The highest BCUT2D eigenvalue weighted by Gasteiger charge is 2.41. The third kappa shape index (κ3) is 6.52. The number of aliphatic hydroxyl groups is 1. The van der Waals surface area contributed by atoms with E-state index in [-0.39, 0.29) is 30.5 Å². The summed E-state index contributed by atoms with van der Waals surface area (Å²) in [6.07, 6.45) is 2.99. The van der Waals surface area contributed by atoms with E-state index < -0.39 is 11.6 Å². The molecular weight excluding hydrogens is 498 g/mol. The molecule has 1 heterocycles. The Morgan fingerprint density at radius 2 is 1.42 bits per heavy atom. The van der Waals surface area contributed by atoms with Crippen LogP contribution in [0.2, 0.25) is 0 Å². The highest BCUT2D eigenvalue weighted by molar-refractivity contribution is 5.98. The van der Waals surface area contributed by atoms with Gasteiger partial charge < -0.3 is 15.1 Å². The summed E-state index contributed by atoms with van der Waals surface area (Å²) in [7, 11) is 0. The van der Waals surface area contributed by atoms with Crippen LogP contribution in [0.5, 0.6) is 0 Å². The molecule has 0 saturated carbocycles. The van der Waals surface area contributed by atoms with Gasteiger partial charge in [0.15, 0.2) is 5.78 Å². The number of carboxylic acid groups (broad SMARTS) is 1. The fourth-order valence-electron chi connectivity index (χ4n) is 5.73. The summed E-state index contributed by atoms with van der Waals surface area (Å²) in [5.41, 5.74) is 4.07. The predicted octanol–water partition coefficient (Wildman–Crippen LogP) is 5.96. The van der Waals surface area contributed by atoms with Crippen LogP contribution in [0.3, 0.4) is 0 Å². The third-order valence-electron chi connectivity index (χ3n) is 8.03. The summed E-state index contributed by atoms with van der Waals surface area (Å²) in [5.74, 6) is -0.638. The van der Waals surface area contributed by atoms with Gasteiger partial charge in [-0.1, -0.05) is 72.8 Å². The van der Waals surface area contributed by atoms with Crippen LogP contribution in [0, 0.1) is 19.8 Å². The Morgan fingerprint density at radius 3 is 1.95 bits per heavy atom. The van der Waals surface area contributed by atoms with Gasteiger partial charge in [0.05, 0.1) is 6.42 Å². The number of hydrogen-bond donors (Lipinski definition) is 2. The number of rotatable bonds is 10. The Bertz CT molecular complexity index is 1180. The van der Waals surface area contributed by atoms with E-state index >= 15 is 0 Å². The van der Waals surface area contributed by atoms with Gasteiger partial charge in [0.1, 0.15) is 5.60 Å². The maximum Gasteiger partial charge on any atom is 0.307 e. The first-order valence-corrected chi connectivity index (χ1v) is 13.2. The summed E-state index contributed by atoms with van der Waals surface area (Å²) in [5, 5.41) is 21.2. The molecule has 5 nitrogen and oxygen atoms in total. The van der Waals surface area contributed by atoms with Crippen molar-refractivity contribution in [1.82, 2.24) is 4.90 Å². The van der Waals surface area contributed by atoms with Gasteiger partial charge in [-0.2, -0.15) is 0 Å². The topological polar surface area (TPSA) is 77.8 Å². The highest BCUT2D eigenvalue weighted by atomic mass is 35.5. The molecule has 38 heavy (non-hydrogen) atoms. The van der Waals surface area contributed by atoms with Crippen molar-refractivity contribution in [2.75, 3.05) is 19.6 Å². The number of carbonyl (C=O) groups excluding carboxylic acids is 1. The van der Waals surface area contributed by atoms with Gasteiger partial charge in [0.2, 0.25) is 0 Å². The molecule has 4 rings (SSSR count). The number of halogens is 1. The largest absolute Gasteiger partial charge is 0.481 e. The van der Waals surface area contributed by atoms with Crippen molar-refractivity contribution in [3.63, 3.8) is 0 Å². The van der Waals surface area contributed by atoms with Crippen LogP contribution in [-0.2, 0) is 16.8 Å². The first-order valence-electron chi connectivity index (χ1n) is 13.2. The van der Waals surface area contributed by atoms with Gasteiger partial charge in [-0.15, -0.1) is 12.4 Å². The van der Waals surface area contributed by atoms with Crippen LogP contribution in [0.4, 0.5) is 0 Å². The lowest BCUT2D eigenvalue weighted by atomic mass is 9.72. The van der Waals surface area contributed by atoms with Gasteiger partial charge >= 0.3 is 5.97 Å². The molecule has 0 bridgehead atoms. The van der Waals surface area contributed by atoms with Crippen molar-refractivity contribution >= 4 is 24.2 Å². The number of piperidine rings is 1. The molecule has 0 radical (unpaired) electrons. The molecule has 6 heteroatoms. The number of aliphatic carboxylic acids is 1. The zero-order valence-electron chi connectivity index (χ0n) is 22.2. The lowest BCUT2D eigenvalue weighted by Gasteiger charge is -2.42. The van der Waals surface area contributed by atoms with Gasteiger partial charge in [-0.25, -0.2) is 0 Å². The lowest BCUT2D eigenvalue weighted by Crippen LogP contribution is -2.44. The second-order valence-electron chi connectivity index (χ2n) is 10.2. The molecule has 0 unspecified atom stereocenters. The number of likely N-dealkylation sites (tertiary alicyclic amines) is 1. The van der Waals surface area contributed by atoms with E-state index in [4.69, 9.17) is 5.11 Å². The van der Waals surface area contributed by atoms with Crippen LogP contribution in [-0.4, -0.2) is 46.5 Å². The fraction of sp³-hybridized carbons (Fsp3) is 0.375.